The number of rotatable bonds is 7. The minimum atomic E-state index is -4.09. The Balaban J connectivity index is 2.30. The molecule has 0 saturated heterocycles. The third-order valence-electron chi connectivity index (χ3n) is 4.17. The second-order valence-corrected chi connectivity index (χ2v) is 8.63. The van der Waals surface area contributed by atoms with Crippen molar-refractivity contribution in [2.24, 2.45) is 5.92 Å². The number of carbonyl (C=O) groups is 2. The maximum Gasteiger partial charge on any atom is 0.262 e. The summed E-state index contributed by atoms with van der Waals surface area (Å²) in [6, 6.07) is 9.04. The monoisotopic (exact) mass is 421 g/mol. The molecule has 0 aliphatic carbocycles. The van der Waals surface area contributed by atoms with Gasteiger partial charge in [0.05, 0.1) is 10.6 Å². The highest BCUT2D eigenvalue weighted by Gasteiger charge is 2.24. The Kier molecular flexibility index (Phi) is 6.97. The van der Waals surface area contributed by atoms with Crippen LogP contribution in [0.4, 0.5) is 15.8 Å². The van der Waals surface area contributed by atoms with Crippen LogP contribution < -0.4 is 15.4 Å². The van der Waals surface area contributed by atoms with Crippen molar-refractivity contribution in [3.63, 3.8) is 0 Å². The fourth-order valence-electron chi connectivity index (χ4n) is 2.69. The van der Waals surface area contributed by atoms with Crippen molar-refractivity contribution < 1.29 is 22.4 Å². The van der Waals surface area contributed by atoms with Gasteiger partial charge in [0.15, 0.2) is 0 Å². The maximum atomic E-state index is 13.8. The van der Waals surface area contributed by atoms with Crippen LogP contribution in [0, 0.1) is 18.7 Å². The number of hydrogen-bond donors (Lipinski definition) is 3. The first-order valence-corrected chi connectivity index (χ1v) is 10.5. The van der Waals surface area contributed by atoms with E-state index in [4.69, 9.17) is 0 Å². The van der Waals surface area contributed by atoms with Gasteiger partial charge in [-0.2, -0.15) is 0 Å². The molecule has 1 unspecified atom stereocenters. The molecule has 2 rings (SSSR count). The van der Waals surface area contributed by atoms with E-state index >= 15 is 0 Å². The lowest BCUT2D eigenvalue weighted by molar-refractivity contribution is -0.126. The maximum absolute atomic E-state index is 13.8. The standard InChI is InChI=1S/C20H24FN3O4S/c1-12(2)19(22-14(4)25)20(26)23-15-10-9-13(3)18(11-15)29(27,28)24-17-8-6-5-7-16(17)21/h5-12,19,24H,1-4H3,(H,22,25)(H,23,26). The number of hydrogen-bond acceptors (Lipinski definition) is 4. The van der Waals surface area contributed by atoms with E-state index in [0.717, 1.165) is 6.07 Å². The highest BCUT2D eigenvalue weighted by molar-refractivity contribution is 7.92. The average molecular weight is 421 g/mol. The van der Waals surface area contributed by atoms with Crippen LogP contribution in [0.1, 0.15) is 26.3 Å². The van der Waals surface area contributed by atoms with E-state index in [1.54, 1.807) is 26.8 Å². The van der Waals surface area contributed by atoms with Gasteiger partial charge in [-0.1, -0.05) is 32.0 Å². The summed E-state index contributed by atoms with van der Waals surface area (Å²) in [6.45, 7) is 6.47. The molecule has 0 radical (unpaired) electrons. The largest absolute Gasteiger partial charge is 0.344 e. The summed E-state index contributed by atoms with van der Waals surface area (Å²) >= 11 is 0. The smallest absolute Gasteiger partial charge is 0.262 e. The van der Waals surface area contributed by atoms with Crippen molar-refractivity contribution in [1.82, 2.24) is 5.32 Å². The van der Waals surface area contributed by atoms with Crippen molar-refractivity contribution in [3.05, 3.63) is 53.8 Å². The van der Waals surface area contributed by atoms with Gasteiger partial charge < -0.3 is 10.6 Å². The van der Waals surface area contributed by atoms with Crippen molar-refractivity contribution in [2.75, 3.05) is 10.0 Å². The highest BCUT2D eigenvalue weighted by Crippen LogP contribution is 2.24. The van der Waals surface area contributed by atoms with Gasteiger partial charge in [0.25, 0.3) is 10.0 Å². The van der Waals surface area contributed by atoms with E-state index in [9.17, 15) is 22.4 Å². The molecule has 1 atom stereocenters. The summed E-state index contributed by atoms with van der Waals surface area (Å²) in [6.07, 6.45) is 0. The van der Waals surface area contributed by atoms with E-state index in [2.05, 4.69) is 15.4 Å². The predicted molar refractivity (Wildman–Crippen MR) is 109 cm³/mol. The lowest BCUT2D eigenvalue weighted by Gasteiger charge is -2.21. The zero-order valence-electron chi connectivity index (χ0n) is 16.6. The van der Waals surface area contributed by atoms with Crippen molar-refractivity contribution >= 4 is 33.2 Å². The summed E-state index contributed by atoms with van der Waals surface area (Å²) in [5.74, 6) is -1.69. The minimum absolute atomic E-state index is 0.0980. The first kappa shape index (κ1) is 22.4. The number of sulfonamides is 1. The average Bonchev–Trinajstić information content (AvgIpc) is 2.62. The van der Waals surface area contributed by atoms with Crippen LogP contribution in [0.5, 0.6) is 0 Å². The number of halogens is 1. The molecule has 0 aliphatic rings. The Morgan fingerprint density at radius 3 is 2.31 bits per heavy atom. The molecule has 7 nitrogen and oxygen atoms in total. The van der Waals surface area contributed by atoms with Crippen LogP contribution in [0.15, 0.2) is 47.4 Å². The Labute approximate surface area is 169 Å². The van der Waals surface area contributed by atoms with Crippen LogP contribution in [0.3, 0.4) is 0 Å². The Morgan fingerprint density at radius 2 is 1.72 bits per heavy atom. The van der Waals surface area contributed by atoms with E-state index < -0.39 is 27.8 Å². The highest BCUT2D eigenvalue weighted by atomic mass is 32.2. The first-order chi connectivity index (χ1) is 13.5. The van der Waals surface area contributed by atoms with Crippen molar-refractivity contribution in [2.45, 2.75) is 38.6 Å². The molecule has 0 aliphatic heterocycles. The zero-order valence-corrected chi connectivity index (χ0v) is 17.4. The molecule has 29 heavy (non-hydrogen) atoms. The quantitative estimate of drug-likeness (QED) is 0.639. The molecule has 3 N–H and O–H groups in total. The molecule has 9 heteroatoms. The second-order valence-electron chi connectivity index (χ2n) is 6.98. The SMILES string of the molecule is CC(=O)NC(C(=O)Nc1ccc(C)c(S(=O)(=O)Nc2ccccc2F)c1)C(C)C. The number of carbonyl (C=O) groups excluding carboxylic acids is 2. The van der Waals surface area contributed by atoms with Crippen LogP contribution >= 0.6 is 0 Å². The van der Waals surface area contributed by atoms with Gasteiger partial charge in [-0.25, -0.2) is 12.8 Å². The number of benzene rings is 2. The van der Waals surface area contributed by atoms with Gasteiger partial charge in [0, 0.05) is 12.6 Å². The fourth-order valence-corrected chi connectivity index (χ4v) is 4.02. The Hall–Kier alpha value is -2.94. The van der Waals surface area contributed by atoms with Gasteiger partial charge >= 0.3 is 0 Å². The molecular formula is C20H24FN3O4S. The lowest BCUT2D eigenvalue weighted by atomic mass is 10.0. The lowest BCUT2D eigenvalue weighted by Crippen LogP contribution is -2.46. The minimum Gasteiger partial charge on any atom is -0.344 e. The topological polar surface area (TPSA) is 104 Å². The first-order valence-electron chi connectivity index (χ1n) is 8.97. The summed E-state index contributed by atoms with van der Waals surface area (Å²) < 4.78 is 41.6. The molecule has 0 fully saturated rings. The van der Waals surface area contributed by atoms with Gasteiger partial charge in [-0.3, -0.25) is 14.3 Å². The molecule has 0 aromatic heterocycles. The normalized spacial score (nSPS) is 12.3. The van der Waals surface area contributed by atoms with E-state index in [0.29, 0.717) is 5.56 Å². The summed E-state index contributed by atoms with van der Waals surface area (Å²) in [4.78, 5) is 23.8. The van der Waals surface area contributed by atoms with Crippen LogP contribution in [-0.2, 0) is 19.6 Å². The molecular weight excluding hydrogens is 397 g/mol. The van der Waals surface area contributed by atoms with Gasteiger partial charge in [-0.15, -0.1) is 0 Å². The van der Waals surface area contributed by atoms with Crippen molar-refractivity contribution in [1.29, 1.82) is 0 Å². The molecule has 0 saturated carbocycles. The molecule has 2 amide bonds. The summed E-state index contributed by atoms with van der Waals surface area (Å²) in [5.41, 5.74) is 0.492. The Bertz CT molecular complexity index is 1020. The third kappa shape index (κ3) is 5.77. The number of anilines is 2. The third-order valence-corrected chi connectivity index (χ3v) is 5.68. The molecule has 0 spiro atoms. The molecule has 0 bridgehead atoms. The molecule has 2 aromatic rings. The second kappa shape index (κ2) is 9.04. The van der Waals surface area contributed by atoms with Crippen LogP contribution in [0.25, 0.3) is 0 Å². The molecule has 2 aromatic carbocycles. The Morgan fingerprint density at radius 1 is 1.07 bits per heavy atom. The zero-order chi connectivity index (χ0) is 21.8. The number of aryl methyl sites for hydroxylation is 1. The number of para-hydroxylation sites is 1. The van der Waals surface area contributed by atoms with E-state index in [1.807, 2.05) is 0 Å². The van der Waals surface area contributed by atoms with E-state index in [1.165, 1.54) is 37.3 Å². The summed E-state index contributed by atoms with van der Waals surface area (Å²) in [5, 5.41) is 5.19. The predicted octanol–water partition coefficient (Wildman–Crippen LogP) is 3.03. The van der Waals surface area contributed by atoms with Crippen LogP contribution in [-0.4, -0.2) is 26.3 Å². The molecule has 0 heterocycles. The van der Waals surface area contributed by atoms with Gasteiger partial charge in [-0.05, 0) is 42.7 Å². The summed E-state index contributed by atoms with van der Waals surface area (Å²) in [7, 11) is -4.09. The van der Waals surface area contributed by atoms with Gasteiger partial charge in [0.1, 0.15) is 11.9 Å². The number of amides is 2. The van der Waals surface area contributed by atoms with Gasteiger partial charge in [0.2, 0.25) is 11.8 Å². The fraction of sp³-hybridized carbons (Fsp3) is 0.300. The number of nitrogens with one attached hydrogen (secondary N) is 3. The molecule has 156 valence electrons. The van der Waals surface area contributed by atoms with Crippen LogP contribution in [0.2, 0.25) is 0 Å². The van der Waals surface area contributed by atoms with Crippen molar-refractivity contribution in [3.8, 4) is 0 Å². The van der Waals surface area contributed by atoms with E-state index in [-0.39, 0.29) is 28.1 Å².